The Morgan fingerprint density at radius 3 is 2.71 bits per heavy atom. The molecule has 1 heterocycles. The summed E-state index contributed by atoms with van der Waals surface area (Å²) in [5.74, 6) is -2.68. The lowest BCUT2D eigenvalue weighted by atomic mass is 9.90. The van der Waals surface area contributed by atoms with Gasteiger partial charge in [-0.15, -0.1) is 0 Å². The first kappa shape index (κ1) is 14.8. The average Bonchev–Trinajstić information content (AvgIpc) is 2.95. The second-order valence-corrected chi connectivity index (χ2v) is 6.50. The first-order valence-corrected chi connectivity index (χ1v) is 7.72. The van der Waals surface area contributed by atoms with Gasteiger partial charge in [-0.05, 0) is 17.5 Å². The van der Waals surface area contributed by atoms with E-state index in [1.807, 2.05) is 19.9 Å². The van der Waals surface area contributed by atoms with E-state index in [4.69, 9.17) is 4.74 Å². The fraction of sp³-hybridized carbons (Fsp3) is 0.278. The molecule has 24 heavy (non-hydrogen) atoms. The zero-order chi connectivity index (χ0) is 17.2. The molecule has 6 heteroatoms. The van der Waals surface area contributed by atoms with E-state index < -0.39 is 16.6 Å². The van der Waals surface area contributed by atoms with E-state index in [1.165, 1.54) is 18.2 Å². The summed E-state index contributed by atoms with van der Waals surface area (Å²) in [4.78, 5) is 23.5. The van der Waals surface area contributed by atoms with Crippen LogP contribution >= 0.6 is 0 Å². The van der Waals surface area contributed by atoms with Crippen LogP contribution in [-0.4, -0.2) is 15.8 Å². The lowest BCUT2D eigenvalue weighted by molar-refractivity contribution is -0.387. The molecule has 0 saturated heterocycles. The van der Waals surface area contributed by atoms with Gasteiger partial charge in [0.2, 0.25) is 0 Å². The predicted octanol–water partition coefficient (Wildman–Crippen LogP) is 3.24. The van der Waals surface area contributed by atoms with Crippen molar-refractivity contribution in [1.82, 2.24) is 0 Å². The van der Waals surface area contributed by atoms with Crippen LogP contribution in [0.1, 0.15) is 52.7 Å². The third kappa shape index (κ3) is 1.71. The molecular weight excluding hydrogens is 310 g/mol. The summed E-state index contributed by atoms with van der Waals surface area (Å²) in [6.07, 6.45) is 0. The lowest BCUT2D eigenvalue weighted by Gasteiger charge is -2.22. The van der Waals surface area contributed by atoms with E-state index in [0.717, 1.165) is 5.56 Å². The summed E-state index contributed by atoms with van der Waals surface area (Å²) in [5, 5.41) is 22.4. The van der Waals surface area contributed by atoms with Gasteiger partial charge in [-0.1, -0.05) is 38.1 Å². The zero-order valence-corrected chi connectivity index (χ0v) is 13.1. The van der Waals surface area contributed by atoms with Crippen LogP contribution in [0.2, 0.25) is 0 Å². The van der Waals surface area contributed by atoms with Crippen LogP contribution in [0.4, 0.5) is 5.69 Å². The zero-order valence-electron chi connectivity index (χ0n) is 13.1. The highest BCUT2D eigenvalue weighted by atomic mass is 16.6. The topological polar surface area (TPSA) is 89.7 Å². The van der Waals surface area contributed by atoms with E-state index in [2.05, 4.69) is 0 Å². The molecule has 1 aliphatic carbocycles. The fourth-order valence-electron chi connectivity index (χ4n) is 3.62. The van der Waals surface area contributed by atoms with Crippen molar-refractivity contribution in [3.8, 4) is 5.75 Å². The van der Waals surface area contributed by atoms with Crippen molar-refractivity contribution < 1.29 is 19.6 Å². The first-order chi connectivity index (χ1) is 11.3. The summed E-state index contributed by atoms with van der Waals surface area (Å²) in [6.45, 7) is 4.05. The Hall–Kier alpha value is -2.73. The number of carbonyl (C=O) groups is 1. The Kier molecular flexibility index (Phi) is 2.87. The molecule has 1 N–H and O–H groups in total. The Labute approximate surface area is 137 Å². The van der Waals surface area contributed by atoms with Gasteiger partial charge >= 0.3 is 0 Å². The van der Waals surface area contributed by atoms with E-state index in [1.54, 1.807) is 12.1 Å². The fourth-order valence-corrected chi connectivity index (χ4v) is 3.62. The Morgan fingerprint density at radius 1 is 1.29 bits per heavy atom. The molecule has 0 radical (unpaired) electrons. The van der Waals surface area contributed by atoms with Gasteiger partial charge in [0.15, 0.2) is 5.78 Å². The number of hydrogen-bond acceptors (Lipinski definition) is 5. The number of fused-ring (bicyclic) bond motifs is 5. The second-order valence-electron chi connectivity index (χ2n) is 6.50. The number of carbonyl (C=O) groups excluding carboxylic acids is 1. The number of benzene rings is 2. The monoisotopic (exact) mass is 325 g/mol. The standard InChI is InChI=1S/C18H15NO5/c1-9(2)10-6-7-11-14(8-10)24-18(21)15-12(17(20)16(11)18)4-3-5-13(15)19(22)23/h3-9,16,21H,1-2H3. The van der Waals surface area contributed by atoms with Crippen LogP contribution in [0.25, 0.3) is 0 Å². The molecule has 2 aliphatic rings. The number of Topliss-reactive ketones (excluding diaryl/α,β-unsaturated/α-hetero) is 1. The molecule has 6 nitrogen and oxygen atoms in total. The van der Waals surface area contributed by atoms with Gasteiger partial charge in [-0.25, -0.2) is 0 Å². The smallest absolute Gasteiger partial charge is 0.279 e. The van der Waals surface area contributed by atoms with E-state index >= 15 is 0 Å². The SMILES string of the molecule is CC(C)c1ccc2c(c1)OC1(O)c3c(cccc3[N+](=O)[O-])C(=O)C21. The third-order valence-electron chi connectivity index (χ3n) is 4.80. The molecule has 2 unspecified atom stereocenters. The van der Waals surface area contributed by atoms with Crippen molar-refractivity contribution in [1.29, 1.82) is 0 Å². The van der Waals surface area contributed by atoms with Crippen molar-refractivity contribution in [2.24, 2.45) is 0 Å². The summed E-state index contributed by atoms with van der Waals surface area (Å²) in [5.41, 5.74) is 1.37. The second kappa shape index (κ2) is 4.64. The third-order valence-corrected chi connectivity index (χ3v) is 4.80. The maximum absolute atomic E-state index is 12.8. The van der Waals surface area contributed by atoms with Gasteiger partial charge in [0.1, 0.15) is 17.2 Å². The summed E-state index contributed by atoms with van der Waals surface area (Å²) in [7, 11) is 0. The molecule has 2 atom stereocenters. The number of nitro groups is 1. The molecule has 0 fully saturated rings. The molecular formula is C18H15NO5. The minimum absolute atomic E-state index is 0.0488. The molecule has 0 spiro atoms. The molecule has 1 aliphatic heterocycles. The molecule has 2 aromatic rings. The highest BCUT2D eigenvalue weighted by Crippen LogP contribution is 2.57. The molecule has 0 saturated carbocycles. The van der Waals surface area contributed by atoms with Crippen molar-refractivity contribution in [2.75, 3.05) is 0 Å². The van der Waals surface area contributed by atoms with Crippen LogP contribution < -0.4 is 4.74 Å². The van der Waals surface area contributed by atoms with Crippen LogP contribution in [-0.2, 0) is 5.79 Å². The number of ketones is 1. The van der Waals surface area contributed by atoms with Gasteiger partial charge in [-0.3, -0.25) is 14.9 Å². The van der Waals surface area contributed by atoms with Gasteiger partial charge in [0.05, 0.1) is 4.92 Å². The first-order valence-electron chi connectivity index (χ1n) is 7.72. The maximum Gasteiger partial charge on any atom is 0.279 e. The van der Waals surface area contributed by atoms with E-state index in [9.17, 15) is 20.0 Å². The summed E-state index contributed by atoms with van der Waals surface area (Å²) in [6, 6.07) is 9.66. The molecule has 0 amide bonds. The van der Waals surface area contributed by atoms with Crippen molar-refractivity contribution in [3.05, 3.63) is 68.8 Å². The number of hydrogen-bond donors (Lipinski definition) is 1. The molecule has 4 rings (SSSR count). The number of aliphatic hydroxyl groups is 1. The molecule has 0 bridgehead atoms. The Balaban J connectivity index is 1.93. The highest BCUT2D eigenvalue weighted by Gasteiger charge is 2.62. The number of nitro benzene ring substituents is 1. The minimum atomic E-state index is -2.02. The highest BCUT2D eigenvalue weighted by molar-refractivity contribution is 6.08. The van der Waals surface area contributed by atoms with Gasteiger partial charge in [0.25, 0.3) is 11.5 Å². The van der Waals surface area contributed by atoms with Gasteiger partial charge in [0, 0.05) is 17.2 Å². The number of ether oxygens (including phenoxy) is 1. The molecule has 2 aromatic carbocycles. The van der Waals surface area contributed by atoms with Crippen LogP contribution in [0, 0.1) is 10.1 Å². The van der Waals surface area contributed by atoms with Crippen molar-refractivity contribution in [3.63, 3.8) is 0 Å². The minimum Gasteiger partial charge on any atom is -0.456 e. The van der Waals surface area contributed by atoms with Crippen LogP contribution in [0.15, 0.2) is 36.4 Å². The summed E-state index contributed by atoms with van der Waals surface area (Å²) >= 11 is 0. The normalized spacial score (nSPS) is 23.7. The largest absolute Gasteiger partial charge is 0.456 e. The van der Waals surface area contributed by atoms with Crippen molar-refractivity contribution in [2.45, 2.75) is 31.5 Å². The van der Waals surface area contributed by atoms with Crippen LogP contribution in [0.5, 0.6) is 5.75 Å². The Morgan fingerprint density at radius 2 is 2.04 bits per heavy atom. The Bertz CT molecular complexity index is 904. The number of rotatable bonds is 2. The van der Waals surface area contributed by atoms with Crippen LogP contribution in [0.3, 0.4) is 0 Å². The van der Waals surface area contributed by atoms with Gasteiger partial charge in [-0.2, -0.15) is 0 Å². The number of nitrogens with zero attached hydrogens (tertiary/aromatic N) is 1. The summed E-state index contributed by atoms with van der Waals surface area (Å²) < 4.78 is 5.73. The molecule has 122 valence electrons. The quantitative estimate of drug-likeness (QED) is 0.676. The van der Waals surface area contributed by atoms with E-state index in [-0.39, 0.29) is 28.5 Å². The van der Waals surface area contributed by atoms with E-state index in [0.29, 0.717) is 11.3 Å². The maximum atomic E-state index is 12.8. The average molecular weight is 325 g/mol. The lowest BCUT2D eigenvalue weighted by Crippen LogP contribution is -2.33. The predicted molar refractivity (Wildman–Crippen MR) is 85.2 cm³/mol. The van der Waals surface area contributed by atoms with Crippen molar-refractivity contribution >= 4 is 11.5 Å². The van der Waals surface area contributed by atoms with Gasteiger partial charge < -0.3 is 9.84 Å². The molecule has 0 aromatic heterocycles.